The minimum atomic E-state index is -0.986. The molecular formula is C22H22ClFN4O3S. The summed E-state index contributed by atoms with van der Waals surface area (Å²) in [7, 11) is 0. The van der Waals surface area contributed by atoms with E-state index >= 15 is 0 Å². The molecule has 1 N–H and O–H groups in total. The van der Waals surface area contributed by atoms with Crippen molar-refractivity contribution in [3.63, 3.8) is 0 Å². The van der Waals surface area contributed by atoms with Crippen LogP contribution in [0.2, 0.25) is 5.02 Å². The number of benzene rings is 2. The highest BCUT2D eigenvalue weighted by Crippen LogP contribution is 2.24. The molecule has 3 rings (SSSR count). The molecule has 2 aromatic carbocycles. The first-order chi connectivity index (χ1) is 15.2. The van der Waals surface area contributed by atoms with Crippen LogP contribution in [0.5, 0.6) is 0 Å². The number of ether oxygens (including phenoxy) is 1. The highest BCUT2D eigenvalue weighted by Gasteiger charge is 2.21. The van der Waals surface area contributed by atoms with E-state index in [1.807, 2.05) is 19.1 Å². The largest absolute Gasteiger partial charge is 0.452 e. The number of carbonyl (C=O) groups is 2. The lowest BCUT2D eigenvalue weighted by Gasteiger charge is -2.18. The summed E-state index contributed by atoms with van der Waals surface area (Å²) in [6.07, 6.45) is 0.543. The Balaban J connectivity index is 1.52. The lowest BCUT2D eigenvalue weighted by Crippen LogP contribution is -2.37. The molecule has 2 atom stereocenters. The van der Waals surface area contributed by atoms with Crippen molar-refractivity contribution < 1.29 is 18.7 Å². The molecule has 32 heavy (non-hydrogen) atoms. The van der Waals surface area contributed by atoms with Gasteiger partial charge in [-0.25, -0.2) is 4.39 Å². The number of rotatable bonds is 8. The third kappa shape index (κ3) is 6.08. The van der Waals surface area contributed by atoms with Crippen LogP contribution in [0.25, 0.3) is 5.69 Å². The van der Waals surface area contributed by atoms with E-state index in [0.29, 0.717) is 10.2 Å². The minimum absolute atomic E-state index is 0.0522. The van der Waals surface area contributed by atoms with E-state index in [2.05, 4.69) is 15.5 Å². The zero-order valence-electron chi connectivity index (χ0n) is 17.7. The minimum Gasteiger partial charge on any atom is -0.452 e. The summed E-state index contributed by atoms with van der Waals surface area (Å²) in [6, 6.07) is 11.0. The fourth-order valence-electron chi connectivity index (χ4n) is 2.81. The van der Waals surface area contributed by atoms with Crippen molar-refractivity contribution in [1.82, 2.24) is 20.1 Å². The summed E-state index contributed by atoms with van der Waals surface area (Å²) < 4.78 is 20.0. The van der Waals surface area contributed by atoms with Crippen LogP contribution < -0.4 is 5.32 Å². The fourth-order valence-corrected chi connectivity index (χ4v) is 3.69. The molecule has 7 nitrogen and oxygen atoms in total. The van der Waals surface area contributed by atoms with Crippen molar-refractivity contribution >= 4 is 35.2 Å². The van der Waals surface area contributed by atoms with Crippen LogP contribution in [0.4, 0.5) is 4.39 Å². The molecule has 1 heterocycles. The van der Waals surface area contributed by atoms with Gasteiger partial charge >= 0.3 is 5.97 Å². The molecule has 168 valence electrons. The summed E-state index contributed by atoms with van der Waals surface area (Å²) in [4.78, 5) is 24.6. The van der Waals surface area contributed by atoms with Crippen molar-refractivity contribution in [2.45, 2.75) is 38.1 Å². The highest BCUT2D eigenvalue weighted by molar-refractivity contribution is 7.99. The van der Waals surface area contributed by atoms with Crippen LogP contribution in [0.15, 0.2) is 53.9 Å². The van der Waals surface area contributed by atoms with E-state index < -0.39 is 18.0 Å². The molecule has 0 spiro atoms. The first-order valence-corrected chi connectivity index (χ1v) is 11.2. The van der Waals surface area contributed by atoms with Gasteiger partial charge in [0, 0.05) is 5.02 Å². The Morgan fingerprint density at radius 2 is 1.94 bits per heavy atom. The first kappa shape index (κ1) is 23.7. The number of nitrogens with zero attached hydrogens (tertiary/aromatic N) is 3. The Morgan fingerprint density at radius 3 is 2.62 bits per heavy atom. The van der Waals surface area contributed by atoms with E-state index in [9.17, 15) is 14.0 Å². The van der Waals surface area contributed by atoms with Crippen molar-refractivity contribution in [1.29, 1.82) is 0 Å². The maximum Gasteiger partial charge on any atom is 0.317 e. The van der Waals surface area contributed by atoms with Crippen molar-refractivity contribution in [2.24, 2.45) is 0 Å². The van der Waals surface area contributed by atoms with Gasteiger partial charge in [-0.15, -0.1) is 10.2 Å². The summed E-state index contributed by atoms with van der Waals surface area (Å²) >= 11 is 7.33. The van der Waals surface area contributed by atoms with Gasteiger partial charge in [-0.05, 0) is 56.2 Å². The van der Waals surface area contributed by atoms with E-state index in [4.69, 9.17) is 16.3 Å². The zero-order chi connectivity index (χ0) is 23.3. The molecule has 1 amide bonds. The number of aromatic nitrogens is 3. The van der Waals surface area contributed by atoms with Crippen LogP contribution in [0, 0.1) is 12.7 Å². The van der Waals surface area contributed by atoms with Gasteiger partial charge in [0.1, 0.15) is 12.1 Å². The summed E-state index contributed by atoms with van der Waals surface area (Å²) in [6.45, 7) is 5.16. The molecule has 2 unspecified atom stereocenters. The highest BCUT2D eigenvalue weighted by atomic mass is 35.5. The second kappa shape index (κ2) is 10.6. The van der Waals surface area contributed by atoms with Gasteiger partial charge in [0.2, 0.25) is 0 Å². The monoisotopic (exact) mass is 476 g/mol. The van der Waals surface area contributed by atoms with E-state index in [0.717, 1.165) is 28.6 Å². The van der Waals surface area contributed by atoms with Crippen molar-refractivity contribution in [3.8, 4) is 5.69 Å². The number of carbonyl (C=O) groups excluding carboxylic acids is 2. The van der Waals surface area contributed by atoms with Gasteiger partial charge < -0.3 is 10.1 Å². The van der Waals surface area contributed by atoms with Gasteiger partial charge in [-0.2, -0.15) is 0 Å². The number of hydrogen-bond acceptors (Lipinski definition) is 6. The molecule has 0 saturated carbocycles. The average molecular weight is 477 g/mol. The quantitative estimate of drug-likeness (QED) is 0.386. The Labute approximate surface area is 194 Å². The molecule has 0 aliphatic heterocycles. The maximum absolute atomic E-state index is 13.1. The number of halogens is 2. The van der Waals surface area contributed by atoms with Gasteiger partial charge in [0.05, 0.1) is 17.5 Å². The molecule has 3 aromatic rings. The number of esters is 1. The lowest BCUT2D eigenvalue weighted by atomic mass is 10.1. The normalized spacial score (nSPS) is 12.8. The molecule has 0 bridgehead atoms. The van der Waals surface area contributed by atoms with Gasteiger partial charge in [0.15, 0.2) is 11.3 Å². The van der Waals surface area contributed by atoms with Crippen LogP contribution in [-0.4, -0.2) is 38.5 Å². The van der Waals surface area contributed by atoms with Gasteiger partial charge in [-0.1, -0.05) is 41.6 Å². The molecule has 1 aromatic heterocycles. The van der Waals surface area contributed by atoms with E-state index in [1.165, 1.54) is 25.4 Å². The standard InChI is InChI=1S/C22H22ClFN4O3S/c1-13-4-9-18(10-19(13)23)28-12-25-27-22(28)32-11-20(29)31-15(3)21(30)26-14(2)16-5-7-17(24)8-6-16/h4-10,12,14-15H,11H2,1-3H3,(H,26,30). The molecule has 0 saturated heterocycles. The average Bonchev–Trinajstić information content (AvgIpc) is 3.23. The van der Waals surface area contributed by atoms with Crippen LogP contribution in [0.3, 0.4) is 0 Å². The SMILES string of the molecule is Cc1ccc(-n2cnnc2SCC(=O)OC(C)C(=O)NC(C)c2ccc(F)cc2)cc1Cl. The maximum atomic E-state index is 13.1. The summed E-state index contributed by atoms with van der Waals surface area (Å²) in [5.41, 5.74) is 2.45. The van der Waals surface area contributed by atoms with Crippen LogP contribution >= 0.6 is 23.4 Å². The molecule has 10 heteroatoms. The van der Waals surface area contributed by atoms with Crippen molar-refractivity contribution in [2.75, 3.05) is 5.75 Å². The van der Waals surface area contributed by atoms with Gasteiger partial charge in [-0.3, -0.25) is 14.2 Å². The smallest absolute Gasteiger partial charge is 0.317 e. The zero-order valence-corrected chi connectivity index (χ0v) is 19.3. The molecule has 0 fully saturated rings. The number of hydrogen-bond donors (Lipinski definition) is 1. The third-order valence-electron chi connectivity index (χ3n) is 4.68. The predicted octanol–water partition coefficient (Wildman–Crippen LogP) is 4.27. The van der Waals surface area contributed by atoms with Crippen LogP contribution in [-0.2, 0) is 14.3 Å². The third-order valence-corrected chi connectivity index (χ3v) is 6.00. The molecule has 0 radical (unpaired) electrons. The summed E-state index contributed by atoms with van der Waals surface area (Å²) in [5, 5.41) is 11.8. The molecule has 0 aliphatic rings. The Morgan fingerprint density at radius 1 is 1.22 bits per heavy atom. The van der Waals surface area contributed by atoms with Crippen LogP contribution in [0.1, 0.15) is 31.0 Å². The number of nitrogens with one attached hydrogen (secondary N) is 1. The van der Waals surface area contributed by atoms with Crippen molar-refractivity contribution in [3.05, 3.63) is 70.8 Å². The number of aryl methyl sites for hydroxylation is 1. The number of thioether (sulfide) groups is 1. The summed E-state index contributed by atoms with van der Waals surface area (Å²) in [5.74, 6) is -1.42. The second-order valence-corrected chi connectivity index (χ2v) is 8.47. The van der Waals surface area contributed by atoms with E-state index in [-0.39, 0.29) is 17.6 Å². The topological polar surface area (TPSA) is 86.1 Å². The van der Waals surface area contributed by atoms with Gasteiger partial charge in [0.25, 0.3) is 5.91 Å². The molecule has 0 aliphatic carbocycles. The fraction of sp³-hybridized carbons (Fsp3) is 0.273. The lowest BCUT2D eigenvalue weighted by molar-refractivity contribution is -0.152. The second-order valence-electron chi connectivity index (χ2n) is 7.12. The number of amides is 1. The Hall–Kier alpha value is -2.91. The van der Waals surface area contributed by atoms with E-state index in [1.54, 1.807) is 29.7 Å². The Kier molecular flexibility index (Phi) is 7.87. The molecular weight excluding hydrogens is 455 g/mol. The predicted molar refractivity (Wildman–Crippen MR) is 120 cm³/mol. The Bertz CT molecular complexity index is 1110. The first-order valence-electron chi connectivity index (χ1n) is 9.79.